The molecule has 1 heterocycles. The van der Waals surface area contributed by atoms with Crippen molar-refractivity contribution in [3.05, 3.63) is 0 Å². The lowest BCUT2D eigenvalue weighted by Crippen LogP contribution is -2.26. The Morgan fingerprint density at radius 3 is 2.54 bits per heavy atom. The van der Waals surface area contributed by atoms with E-state index in [-0.39, 0.29) is 0 Å². The van der Waals surface area contributed by atoms with E-state index < -0.39 is 0 Å². The van der Waals surface area contributed by atoms with Crippen molar-refractivity contribution in [3.63, 3.8) is 0 Å². The number of likely N-dealkylation sites (tertiary alicyclic amines) is 1. The second kappa shape index (κ2) is 4.79. The van der Waals surface area contributed by atoms with Crippen LogP contribution in [0.4, 0.5) is 0 Å². The fourth-order valence-electron chi connectivity index (χ4n) is 2.03. The van der Waals surface area contributed by atoms with Crippen LogP contribution in [0.1, 0.15) is 33.6 Å². The molecule has 0 aromatic carbocycles. The van der Waals surface area contributed by atoms with Gasteiger partial charge in [0.25, 0.3) is 0 Å². The van der Waals surface area contributed by atoms with E-state index in [1.54, 1.807) is 0 Å². The summed E-state index contributed by atoms with van der Waals surface area (Å²) in [6.07, 6.45) is 2.68. The van der Waals surface area contributed by atoms with Crippen molar-refractivity contribution in [2.45, 2.75) is 33.6 Å². The Labute approximate surface area is 91.0 Å². The van der Waals surface area contributed by atoms with E-state index in [9.17, 15) is 0 Å². The third-order valence-electron chi connectivity index (χ3n) is 3.11. The van der Waals surface area contributed by atoms with Crippen LogP contribution in [0.3, 0.4) is 0 Å². The van der Waals surface area contributed by atoms with Crippen molar-refractivity contribution >= 4 is 15.9 Å². The van der Waals surface area contributed by atoms with Crippen LogP contribution < -0.4 is 0 Å². The van der Waals surface area contributed by atoms with Crippen LogP contribution in [0.25, 0.3) is 0 Å². The van der Waals surface area contributed by atoms with Crippen LogP contribution in [0, 0.1) is 11.3 Å². The summed E-state index contributed by atoms with van der Waals surface area (Å²) in [5.41, 5.74) is 0.503. The SMILES string of the molecule is CC(C)(C)C1CCN(CCCBr)C1. The van der Waals surface area contributed by atoms with Gasteiger partial charge in [-0.15, -0.1) is 0 Å². The minimum absolute atomic E-state index is 0.503. The van der Waals surface area contributed by atoms with Gasteiger partial charge in [-0.1, -0.05) is 36.7 Å². The van der Waals surface area contributed by atoms with Crippen LogP contribution in [-0.2, 0) is 0 Å². The highest BCUT2D eigenvalue weighted by Gasteiger charge is 2.31. The van der Waals surface area contributed by atoms with E-state index in [1.165, 1.54) is 32.5 Å². The van der Waals surface area contributed by atoms with Crippen LogP contribution in [0.15, 0.2) is 0 Å². The van der Waals surface area contributed by atoms with Crippen molar-refractivity contribution in [3.8, 4) is 0 Å². The van der Waals surface area contributed by atoms with Crippen molar-refractivity contribution in [2.24, 2.45) is 11.3 Å². The summed E-state index contributed by atoms with van der Waals surface area (Å²) in [5, 5.41) is 1.14. The average molecular weight is 248 g/mol. The Morgan fingerprint density at radius 2 is 2.08 bits per heavy atom. The summed E-state index contributed by atoms with van der Waals surface area (Å²) in [5.74, 6) is 0.905. The maximum absolute atomic E-state index is 3.48. The molecule has 0 N–H and O–H groups in total. The Morgan fingerprint density at radius 1 is 1.38 bits per heavy atom. The van der Waals surface area contributed by atoms with Gasteiger partial charge in [-0.2, -0.15) is 0 Å². The normalized spacial score (nSPS) is 25.4. The van der Waals surface area contributed by atoms with Crippen LogP contribution in [-0.4, -0.2) is 29.9 Å². The van der Waals surface area contributed by atoms with Gasteiger partial charge in [-0.3, -0.25) is 0 Å². The second-order valence-corrected chi connectivity index (χ2v) is 5.99. The van der Waals surface area contributed by atoms with Gasteiger partial charge in [-0.05, 0) is 37.3 Å². The van der Waals surface area contributed by atoms with Gasteiger partial charge in [0.2, 0.25) is 0 Å². The zero-order valence-electron chi connectivity index (χ0n) is 9.15. The molecule has 1 atom stereocenters. The summed E-state index contributed by atoms with van der Waals surface area (Å²) >= 11 is 3.48. The molecular weight excluding hydrogens is 226 g/mol. The summed E-state index contributed by atoms with van der Waals surface area (Å²) in [4.78, 5) is 2.61. The van der Waals surface area contributed by atoms with Crippen molar-refractivity contribution < 1.29 is 0 Å². The van der Waals surface area contributed by atoms with Gasteiger partial charge in [0, 0.05) is 11.9 Å². The van der Waals surface area contributed by atoms with Gasteiger partial charge in [0.05, 0.1) is 0 Å². The smallest absolute Gasteiger partial charge is 0.00434 e. The minimum Gasteiger partial charge on any atom is -0.303 e. The number of alkyl halides is 1. The molecule has 0 radical (unpaired) electrons. The highest BCUT2D eigenvalue weighted by Crippen LogP contribution is 2.33. The first-order chi connectivity index (χ1) is 6.04. The first-order valence-corrected chi connectivity index (χ1v) is 6.44. The average Bonchev–Trinajstić information content (AvgIpc) is 2.47. The standard InChI is InChI=1S/C11H22BrN/c1-11(2,3)10-5-8-13(9-10)7-4-6-12/h10H,4-9H2,1-3H3. The van der Waals surface area contributed by atoms with Gasteiger partial charge in [-0.25, -0.2) is 0 Å². The fraction of sp³-hybridized carbons (Fsp3) is 1.00. The van der Waals surface area contributed by atoms with E-state index >= 15 is 0 Å². The summed E-state index contributed by atoms with van der Waals surface area (Å²) in [6, 6.07) is 0. The Hall–Kier alpha value is 0.440. The molecule has 13 heavy (non-hydrogen) atoms. The number of nitrogens with zero attached hydrogens (tertiary/aromatic N) is 1. The van der Waals surface area contributed by atoms with E-state index in [1.807, 2.05) is 0 Å². The van der Waals surface area contributed by atoms with Crippen LogP contribution in [0.5, 0.6) is 0 Å². The number of hydrogen-bond acceptors (Lipinski definition) is 1. The number of rotatable bonds is 3. The van der Waals surface area contributed by atoms with E-state index in [2.05, 4.69) is 41.6 Å². The minimum atomic E-state index is 0.503. The molecule has 78 valence electrons. The highest BCUT2D eigenvalue weighted by atomic mass is 79.9. The lowest BCUT2D eigenvalue weighted by molar-refractivity contribution is 0.229. The van der Waals surface area contributed by atoms with E-state index in [0.717, 1.165) is 11.2 Å². The number of halogens is 1. The lowest BCUT2D eigenvalue weighted by Gasteiger charge is -2.27. The van der Waals surface area contributed by atoms with Gasteiger partial charge in [0.15, 0.2) is 0 Å². The van der Waals surface area contributed by atoms with E-state index in [4.69, 9.17) is 0 Å². The largest absolute Gasteiger partial charge is 0.303 e. The molecule has 1 aliphatic heterocycles. The summed E-state index contributed by atoms with van der Waals surface area (Å²) < 4.78 is 0. The zero-order valence-corrected chi connectivity index (χ0v) is 10.7. The molecule has 2 heteroatoms. The van der Waals surface area contributed by atoms with Crippen molar-refractivity contribution in [1.82, 2.24) is 4.90 Å². The first-order valence-electron chi connectivity index (χ1n) is 5.32. The van der Waals surface area contributed by atoms with Crippen LogP contribution in [0.2, 0.25) is 0 Å². The lowest BCUT2D eigenvalue weighted by atomic mass is 9.80. The predicted octanol–water partition coefficient (Wildman–Crippen LogP) is 3.14. The van der Waals surface area contributed by atoms with Crippen molar-refractivity contribution in [1.29, 1.82) is 0 Å². The zero-order chi connectivity index (χ0) is 9.90. The third kappa shape index (κ3) is 3.59. The molecule has 0 bridgehead atoms. The Kier molecular flexibility index (Phi) is 4.24. The molecule has 1 fully saturated rings. The first kappa shape index (κ1) is 11.5. The molecule has 1 aliphatic rings. The molecule has 1 unspecified atom stereocenters. The molecule has 1 nitrogen and oxygen atoms in total. The van der Waals surface area contributed by atoms with E-state index in [0.29, 0.717) is 5.41 Å². The topological polar surface area (TPSA) is 3.24 Å². The summed E-state index contributed by atoms with van der Waals surface area (Å²) in [7, 11) is 0. The van der Waals surface area contributed by atoms with Gasteiger partial charge < -0.3 is 4.90 Å². The van der Waals surface area contributed by atoms with Crippen molar-refractivity contribution in [2.75, 3.05) is 25.0 Å². The molecule has 1 saturated heterocycles. The summed E-state index contributed by atoms with van der Waals surface area (Å²) in [6.45, 7) is 11.0. The third-order valence-corrected chi connectivity index (χ3v) is 3.67. The Balaban J connectivity index is 2.28. The maximum atomic E-state index is 3.48. The monoisotopic (exact) mass is 247 g/mol. The quantitative estimate of drug-likeness (QED) is 0.693. The molecule has 0 aromatic heterocycles. The predicted molar refractivity (Wildman–Crippen MR) is 62.4 cm³/mol. The molecular formula is C11H22BrN. The molecule has 0 aliphatic carbocycles. The molecule has 0 spiro atoms. The Bertz CT molecular complexity index is 151. The number of hydrogen-bond donors (Lipinski definition) is 0. The van der Waals surface area contributed by atoms with Gasteiger partial charge in [0.1, 0.15) is 0 Å². The molecule has 0 amide bonds. The molecule has 0 saturated carbocycles. The second-order valence-electron chi connectivity index (χ2n) is 5.19. The molecule has 0 aromatic rings. The van der Waals surface area contributed by atoms with Gasteiger partial charge >= 0.3 is 0 Å². The molecule has 1 rings (SSSR count). The van der Waals surface area contributed by atoms with Crippen LogP contribution >= 0.6 is 15.9 Å². The highest BCUT2D eigenvalue weighted by molar-refractivity contribution is 9.09. The maximum Gasteiger partial charge on any atom is 0.00434 e. The fourth-order valence-corrected chi connectivity index (χ4v) is 2.28.